The minimum Gasteiger partial charge on any atom is -0.550 e. The molecule has 0 amide bonds. The van der Waals surface area contributed by atoms with Gasteiger partial charge in [-0.3, -0.25) is 0 Å². The van der Waals surface area contributed by atoms with Crippen LogP contribution in [-0.2, 0) is 9.59 Å². The topological polar surface area (TPSA) is 132 Å². The molecule has 0 spiro atoms. The number of hydrogen-bond acceptors (Lipinski definition) is 6. The second-order valence-electron chi connectivity index (χ2n) is 7.63. The number of carboxylic acid groups (broad SMARTS) is 2. The van der Waals surface area contributed by atoms with Gasteiger partial charge in [-0.25, -0.2) is 0 Å². The third-order valence-electron chi connectivity index (χ3n) is 5.73. The van der Waals surface area contributed by atoms with Gasteiger partial charge in [0, 0.05) is 11.9 Å². The van der Waals surface area contributed by atoms with E-state index in [0.717, 1.165) is 51.4 Å². The van der Waals surface area contributed by atoms with Crippen LogP contribution >= 0.6 is 0 Å². The van der Waals surface area contributed by atoms with Crippen LogP contribution in [0, 0.1) is 10.8 Å². The molecule has 0 radical (unpaired) electrons. The summed E-state index contributed by atoms with van der Waals surface area (Å²) in [6, 6.07) is 0. The zero-order valence-electron chi connectivity index (χ0n) is 15.4. The van der Waals surface area contributed by atoms with Gasteiger partial charge in [0.25, 0.3) is 0 Å². The standard InChI is InChI=1S/2C9H17NO2.Ca/c2*10-7-9(6-8(11)12)4-2-1-3-5-9;/h2*1-7,10H2,(H,11,12);/q;;+2/p-2. The van der Waals surface area contributed by atoms with E-state index < -0.39 is 11.9 Å². The molecule has 7 heteroatoms. The maximum atomic E-state index is 10.5. The molecule has 6 nitrogen and oxygen atoms in total. The Morgan fingerprint density at radius 3 is 1.16 bits per heavy atom. The molecular formula is C18H32CaN2O4. The molecule has 25 heavy (non-hydrogen) atoms. The molecule has 0 aromatic heterocycles. The van der Waals surface area contributed by atoms with Crippen molar-refractivity contribution in [3.63, 3.8) is 0 Å². The fourth-order valence-corrected chi connectivity index (χ4v) is 4.12. The molecule has 2 rings (SSSR count). The van der Waals surface area contributed by atoms with E-state index in [1.54, 1.807) is 0 Å². The Morgan fingerprint density at radius 2 is 0.960 bits per heavy atom. The molecule has 0 aliphatic heterocycles. The van der Waals surface area contributed by atoms with Gasteiger partial charge < -0.3 is 31.3 Å². The van der Waals surface area contributed by atoms with Crippen molar-refractivity contribution in [2.75, 3.05) is 13.1 Å². The summed E-state index contributed by atoms with van der Waals surface area (Å²) >= 11 is 0. The smallest absolute Gasteiger partial charge is 0.550 e. The fraction of sp³-hybridized carbons (Fsp3) is 0.889. The van der Waals surface area contributed by atoms with Crippen LogP contribution in [0.2, 0.25) is 0 Å². The van der Waals surface area contributed by atoms with Gasteiger partial charge >= 0.3 is 37.7 Å². The van der Waals surface area contributed by atoms with Crippen molar-refractivity contribution in [1.82, 2.24) is 0 Å². The molecule has 0 saturated heterocycles. The van der Waals surface area contributed by atoms with E-state index in [9.17, 15) is 19.8 Å². The zero-order chi connectivity index (χ0) is 18.1. The molecule has 0 unspecified atom stereocenters. The van der Waals surface area contributed by atoms with E-state index in [0.29, 0.717) is 13.1 Å². The number of rotatable bonds is 6. The predicted molar refractivity (Wildman–Crippen MR) is 94.1 cm³/mol. The minimum absolute atomic E-state index is 0. The Hall–Kier alpha value is 0.120. The minimum atomic E-state index is -0.956. The van der Waals surface area contributed by atoms with Gasteiger partial charge in [0.1, 0.15) is 0 Å². The summed E-state index contributed by atoms with van der Waals surface area (Å²) in [4.78, 5) is 20.9. The van der Waals surface area contributed by atoms with E-state index in [-0.39, 0.29) is 61.4 Å². The Kier molecular flexibility index (Phi) is 12.6. The number of carbonyl (C=O) groups excluding carboxylic acids is 2. The first kappa shape index (κ1) is 25.1. The van der Waals surface area contributed by atoms with E-state index in [2.05, 4.69) is 0 Å². The van der Waals surface area contributed by atoms with Crippen LogP contribution in [0.25, 0.3) is 0 Å². The van der Waals surface area contributed by atoms with Crippen LogP contribution < -0.4 is 21.7 Å². The second kappa shape index (κ2) is 12.5. The van der Waals surface area contributed by atoms with Gasteiger partial charge in [-0.1, -0.05) is 38.5 Å². The maximum Gasteiger partial charge on any atom is 2.00 e. The molecule has 0 aromatic carbocycles. The van der Waals surface area contributed by atoms with Crippen molar-refractivity contribution < 1.29 is 19.8 Å². The van der Waals surface area contributed by atoms with E-state index >= 15 is 0 Å². The number of hydrogen-bond donors (Lipinski definition) is 2. The van der Waals surface area contributed by atoms with Gasteiger partial charge in [0.2, 0.25) is 0 Å². The normalized spacial score (nSPS) is 21.2. The molecule has 140 valence electrons. The summed E-state index contributed by atoms with van der Waals surface area (Å²) in [7, 11) is 0. The molecular weight excluding hydrogens is 348 g/mol. The molecule has 0 heterocycles. The van der Waals surface area contributed by atoms with Crippen LogP contribution in [0.1, 0.15) is 77.0 Å². The summed E-state index contributed by atoms with van der Waals surface area (Å²) in [5, 5.41) is 20.9. The molecule has 2 aliphatic rings. The van der Waals surface area contributed by atoms with Gasteiger partial charge in [-0.15, -0.1) is 0 Å². The summed E-state index contributed by atoms with van der Waals surface area (Å²) in [5.74, 6) is -1.91. The molecule has 4 N–H and O–H groups in total. The first-order valence-corrected chi connectivity index (χ1v) is 9.17. The average Bonchev–Trinajstić information content (AvgIpc) is 2.56. The van der Waals surface area contributed by atoms with Crippen molar-refractivity contribution in [2.24, 2.45) is 22.3 Å². The maximum absolute atomic E-state index is 10.5. The van der Waals surface area contributed by atoms with E-state index in [1.807, 2.05) is 0 Å². The summed E-state index contributed by atoms with van der Waals surface area (Å²) < 4.78 is 0. The van der Waals surface area contributed by atoms with Gasteiger partial charge in [-0.05, 0) is 62.4 Å². The van der Waals surface area contributed by atoms with Gasteiger partial charge in [0.15, 0.2) is 0 Å². The molecule has 0 bridgehead atoms. The monoisotopic (exact) mass is 380 g/mol. The fourth-order valence-electron chi connectivity index (χ4n) is 4.12. The van der Waals surface area contributed by atoms with Crippen LogP contribution in [0.5, 0.6) is 0 Å². The van der Waals surface area contributed by atoms with Crippen molar-refractivity contribution in [1.29, 1.82) is 0 Å². The molecule has 0 aromatic rings. The first-order chi connectivity index (χ1) is 11.4. The van der Waals surface area contributed by atoms with Crippen LogP contribution in [-0.4, -0.2) is 62.8 Å². The van der Waals surface area contributed by atoms with Gasteiger partial charge in [-0.2, -0.15) is 0 Å². The Morgan fingerprint density at radius 1 is 0.680 bits per heavy atom. The van der Waals surface area contributed by atoms with Crippen molar-refractivity contribution in [3.8, 4) is 0 Å². The molecule has 0 atom stereocenters. The van der Waals surface area contributed by atoms with Crippen LogP contribution in [0.3, 0.4) is 0 Å². The molecule has 2 fully saturated rings. The van der Waals surface area contributed by atoms with Crippen molar-refractivity contribution >= 4 is 49.7 Å². The zero-order valence-corrected chi connectivity index (χ0v) is 17.6. The van der Waals surface area contributed by atoms with E-state index in [4.69, 9.17) is 11.5 Å². The van der Waals surface area contributed by atoms with Crippen molar-refractivity contribution in [2.45, 2.75) is 77.0 Å². The largest absolute Gasteiger partial charge is 2.00 e. The molecule has 2 saturated carbocycles. The van der Waals surface area contributed by atoms with Crippen LogP contribution in [0.15, 0.2) is 0 Å². The Balaban J connectivity index is 0.000000443. The molecule has 2 aliphatic carbocycles. The third kappa shape index (κ3) is 9.05. The predicted octanol–water partition coefficient (Wildman–Crippen LogP) is -0.310. The average molecular weight is 381 g/mol. The summed E-state index contributed by atoms with van der Waals surface area (Å²) in [5.41, 5.74) is 10.9. The number of aliphatic carboxylic acids is 2. The first-order valence-electron chi connectivity index (χ1n) is 9.17. The third-order valence-corrected chi connectivity index (χ3v) is 5.73. The number of carbonyl (C=O) groups is 2. The van der Waals surface area contributed by atoms with E-state index in [1.165, 1.54) is 12.8 Å². The summed E-state index contributed by atoms with van der Waals surface area (Å²) in [6.45, 7) is 0.974. The SMILES string of the molecule is NCC1(CC(=O)[O-])CCCCC1.NCC1(CC(=O)[O-])CCCCC1.[Ca+2]. The van der Waals surface area contributed by atoms with Crippen molar-refractivity contribution in [3.05, 3.63) is 0 Å². The Bertz CT molecular complexity index is 368. The quantitative estimate of drug-likeness (QED) is 0.607. The Labute approximate surface area is 181 Å². The van der Waals surface area contributed by atoms with Gasteiger partial charge in [0.05, 0.1) is 0 Å². The van der Waals surface area contributed by atoms with Crippen LogP contribution in [0.4, 0.5) is 0 Å². The number of carboxylic acids is 2. The number of nitrogens with two attached hydrogens (primary N) is 2. The second-order valence-corrected chi connectivity index (χ2v) is 7.63. The summed E-state index contributed by atoms with van der Waals surface area (Å²) in [6.07, 6.45) is 11.0.